The highest BCUT2D eigenvalue weighted by atomic mass is 14.6. The van der Waals surface area contributed by atoms with Crippen LogP contribution in [0.3, 0.4) is 0 Å². The number of anilines is 1. The molecule has 2 heteroatoms. The first kappa shape index (κ1) is 20.0. The van der Waals surface area contributed by atoms with Crippen LogP contribution in [0.1, 0.15) is 52.5 Å². The number of fused-ring (bicyclic) bond motifs is 2. The molecule has 0 aliphatic heterocycles. The van der Waals surface area contributed by atoms with E-state index in [-0.39, 0.29) is 6.04 Å². The molecule has 0 aromatic heterocycles. The summed E-state index contributed by atoms with van der Waals surface area (Å²) in [6.07, 6.45) is 9.81. The Morgan fingerprint density at radius 2 is 1.69 bits per heavy atom. The number of benzene rings is 2. The standard InChI is InChI=1S/C20H20N2.2C2H6/c21-15-9-7-13-3-1-5-17(19(13)11-15)18-6-2-4-14-8-10-16(22)12-20(14)18;2*1-2/h1,3-5,7-8,10-12,15H,2,6,9,21-22H2;2*1-2H3/t15-;;/m0../s1. The van der Waals surface area contributed by atoms with E-state index in [2.05, 4.69) is 48.6 Å². The van der Waals surface area contributed by atoms with Crippen LogP contribution in [0, 0.1) is 0 Å². The maximum atomic E-state index is 6.14. The van der Waals surface area contributed by atoms with Crippen molar-refractivity contribution >= 4 is 29.5 Å². The van der Waals surface area contributed by atoms with Crippen LogP contribution >= 0.6 is 0 Å². The third-order valence-corrected chi connectivity index (χ3v) is 4.62. The molecule has 2 aliphatic rings. The van der Waals surface area contributed by atoms with Gasteiger partial charge in [0, 0.05) is 11.7 Å². The highest BCUT2D eigenvalue weighted by Crippen LogP contribution is 2.16. The summed E-state index contributed by atoms with van der Waals surface area (Å²) in [5, 5.41) is 5.14. The molecule has 2 aromatic rings. The highest BCUT2D eigenvalue weighted by molar-refractivity contribution is 5.71. The summed E-state index contributed by atoms with van der Waals surface area (Å²) in [7, 11) is 0. The first-order valence-electron chi connectivity index (χ1n) is 9.88. The molecule has 26 heavy (non-hydrogen) atoms. The fourth-order valence-corrected chi connectivity index (χ4v) is 3.56. The molecule has 2 aromatic carbocycles. The lowest BCUT2D eigenvalue weighted by Crippen LogP contribution is -2.38. The Morgan fingerprint density at radius 3 is 2.46 bits per heavy atom. The SMILES string of the molecule is CC.CC.Nc1ccc2c(c1)=C(c1cccc3c1=C[C@@H](N)CC=3)CCC=2. The molecule has 0 unspecified atom stereocenters. The molecule has 0 fully saturated rings. The van der Waals surface area contributed by atoms with Crippen molar-refractivity contribution in [3.05, 3.63) is 62.8 Å². The lowest BCUT2D eigenvalue weighted by atomic mass is 9.90. The molecule has 0 amide bonds. The molecule has 1 atom stereocenters. The van der Waals surface area contributed by atoms with Crippen molar-refractivity contribution in [2.45, 2.75) is 53.0 Å². The Kier molecular flexibility index (Phi) is 7.23. The second-order valence-electron chi connectivity index (χ2n) is 6.15. The molecule has 0 saturated heterocycles. The van der Waals surface area contributed by atoms with Crippen LogP contribution in [0.25, 0.3) is 23.8 Å². The van der Waals surface area contributed by atoms with Crippen molar-refractivity contribution in [1.29, 1.82) is 0 Å². The van der Waals surface area contributed by atoms with Gasteiger partial charge in [0.2, 0.25) is 0 Å². The van der Waals surface area contributed by atoms with Gasteiger partial charge in [0.1, 0.15) is 0 Å². The van der Waals surface area contributed by atoms with Gasteiger partial charge < -0.3 is 11.5 Å². The van der Waals surface area contributed by atoms with Crippen molar-refractivity contribution in [3.63, 3.8) is 0 Å². The molecule has 138 valence electrons. The number of hydrogen-bond donors (Lipinski definition) is 2. The van der Waals surface area contributed by atoms with E-state index < -0.39 is 0 Å². The first-order chi connectivity index (χ1) is 12.7. The van der Waals surface area contributed by atoms with E-state index in [4.69, 9.17) is 11.5 Å². The second-order valence-corrected chi connectivity index (χ2v) is 6.15. The second kappa shape index (κ2) is 9.40. The van der Waals surface area contributed by atoms with E-state index in [1.165, 1.54) is 32.0 Å². The van der Waals surface area contributed by atoms with Crippen LogP contribution in [0.15, 0.2) is 36.4 Å². The van der Waals surface area contributed by atoms with Crippen molar-refractivity contribution in [2.24, 2.45) is 5.73 Å². The van der Waals surface area contributed by atoms with Gasteiger partial charge in [0.25, 0.3) is 0 Å². The van der Waals surface area contributed by atoms with Crippen LogP contribution in [-0.2, 0) is 0 Å². The van der Waals surface area contributed by atoms with Crippen molar-refractivity contribution in [1.82, 2.24) is 0 Å². The van der Waals surface area contributed by atoms with Gasteiger partial charge in [-0.15, -0.1) is 0 Å². The average Bonchev–Trinajstić information content (AvgIpc) is 2.70. The van der Waals surface area contributed by atoms with E-state index in [0.717, 1.165) is 24.9 Å². The van der Waals surface area contributed by atoms with Gasteiger partial charge >= 0.3 is 0 Å². The van der Waals surface area contributed by atoms with E-state index in [0.29, 0.717) is 0 Å². The summed E-state index contributed by atoms with van der Waals surface area (Å²) in [6.45, 7) is 8.00. The van der Waals surface area contributed by atoms with Crippen molar-refractivity contribution < 1.29 is 0 Å². The van der Waals surface area contributed by atoms with E-state index in [1.54, 1.807) is 0 Å². The fraction of sp³-hybridized carbons (Fsp3) is 0.333. The monoisotopic (exact) mass is 348 g/mol. The Labute approximate surface area is 157 Å². The van der Waals surface area contributed by atoms with E-state index in [9.17, 15) is 0 Å². The molecule has 0 bridgehead atoms. The maximum absolute atomic E-state index is 6.14. The molecule has 2 aliphatic carbocycles. The summed E-state index contributed by atoms with van der Waals surface area (Å²) >= 11 is 0. The highest BCUT2D eigenvalue weighted by Gasteiger charge is 2.11. The van der Waals surface area contributed by atoms with Crippen LogP contribution in [0.2, 0.25) is 0 Å². The summed E-state index contributed by atoms with van der Waals surface area (Å²) in [5.74, 6) is 0. The maximum Gasteiger partial charge on any atom is 0.0320 e. The third-order valence-electron chi connectivity index (χ3n) is 4.62. The summed E-state index contributed by atoms with van der Waals surface area (Å²) in [5.41, 5.74) is 15.7. The number of hydrogen-bond acceptors (Lipinski definition) is 2. The third kappa shape index (κ3) is 4.08. The quantitative estimate of drug-likeness (QED) is 0.778. The van der Waals surface area contributed by atoms with Crippen LogP contribution < -0.4 is 32.3 Å². The van der Waals surface area contributed by atoms with E-state index in [1.807, 2.05) is 33.8 Å². The summed E-state index contributed by atoms with van der Waals surface area (Å²) in [6, 6.07) is 12.9. The molecule has 0 heterocycles. The molecule has 0 saturated carbocycles. The Bertz CT molecular complexity index is 984. The zero-order valence-electron chi connectivity index (χ0n) is 16.5. The lowest BCUT2D eigenvalue weighted by molar-refractivity contribution is 0.886. The van der Waals surface area contributed by atoms with Crippen molar-refractivity contribution in [3.8, 4) is 0 Å². The van der Waals surface area contributed by atoms with Gasteiger partial charge in [-0.25, -0.2) is 0 Å². The number of rotatable bonds is 1. The van der Waals surface area contributed by atoms with Gasteiger partial charge in [-0.2, -0.15) is 0 Å². The zero-order valence-corrected chi connectivity index (χ0v) is 16.5. The fourth-order valence-electron chi connectivity index (χ4n) is 3.56. The minimum Gasteiger partial charge on any atom is -0.399 e. The number of nitrogens with two attached hydrogens (primary N) is 2. The molecule has 0 radical (unpaired) electrons. The summed E-state index contributed by atoms with van der Waals surface area (Å²) in [4.78, 5) is 0. The van der Waals surface area contributed by atoms with Gasteiger partial charge in [-0.3, -0.25) is 0 Å². The first-order valence-corrected chi connectivity index (χ1v) is 9.88. The lowest BCUT2D eigenvalue weighted by Gasteiger charge is -2.16. The topological polar surface area (TPSA) is 52.0 Å². The van der Waals surface area contributed by atoms with Crippen LogP contribution in [-0.4, -0.2) is 6.04 Å². The summed E-state index contributed by atoms with van der Waals surface area (Å²) < 4.78 is 0. The van der Waals surface area contributed by atoms with Gasteiger partial charge in [-0.1, -0.05) is 70.2 Å². The largest absolute Gasteiger partial charge is 0.399 e. The molecule has 2 nitrogen and oxygen atoms in total. The molecule has 4 rings (SSSR count). The molecule has 4 N–H and O–H groups in total. The molecule has 0 spiro atoms. The van der Waals surface area contributed by atoms with Crippen molar-refractivity contribution in [2.75, 3.05) is 5.73 Å². The minimum absolute atomic E-state index is 0.115. The predicted molar refractivity (Wildman–Crippen MR) is 116 cm³/mol. The molecular weight excluding hydrogens is 316 g/mol. The van der Waals surface area contributed by atoms with Gasteiger partial charge in [-0.05, 0) is 63.4 Å². The Hall–Kier alpha value is -2.32. The number of nitrogen functional groups attached to an aromatic ring is 1. The smallest absolute Gasteiger partial charge is 0.0320 e. The van der Waals surface area contributed by atoms with Crippen LogP contribution in [0.4, 0.5) is 5.69 Å². The minimum atomic E-state index is 0.115. The Balaban J connectivity index is 0.000000570. The Morgan fingerprint density at radius 1 is 0.923 bits per heavy atom. The zero-order chi connectivity index (χ0) is 19.1. The normalized spacial score (nSPS) is 16.8. The van der Waals surface area contributed by atoms with E-state index >= 15 is 0 Å². The van der Waals surface area contributed by atoms with Gasteiger partial charge in [0.15, 0.2) is 0 Å². The van der Waals surface area contributed by atoms with Crippen LogP contribution in [0.5, 0.6) is 0 Å². The molecular formula is C24H32N2. The average molecular weight is 349 g/mol. The van der Waals surface area contributed by atoms with Gasteiger partial charge in [0.05, 0.1) is 0 Å². The predicted octanol–water partition coefficient (Wildman–Crippen LogP) is 2.39.